The first-order chi connectivity index (χ1) is 9.87. The van der Waals surface area contributed by atoms with Gasteiger partial charge >= 0.3 is 0 Å². The second-order valence-electron chi connectivity index (χ2n) is 4.40. The third-order valence-electron chi connectivity index (χ3n) is 2.69. The van der Waals surface area contributed by atoms with Gasteiger partial charge in [0.15, 0.2) is 0 Å². The van der Waals surface area contributed by atoms with Crippen molar-refractivity contribution in [2.75, 3.05) is 4.72 Å². The van der Waals surface area contributed by atoms with E-state index < -0.39 is 15.8 Å². The van der Waals surface area contributed by atoms with Gasteiger partial charge < -0.3 is 5.73 Å². The zero-order valence-corrected chi connectivity index (χ0v) is 12.5. The third-order valence-corrected chi connectivity index (χ3v) is 4.21. The fourth-order valence-corrected chi connectivity index (χ4v) is 3.00. The van der Waals surface area contributed by atoms with Crippen LogP contribution in [0, 0.1) is 5.82 Å². The Labute approximate surface area is 127 Å². The minimum absolute atomic E-state index is 0.130. The van der Waals surface area contributed by atoms with E-state index in [1.807, 2.05) is 0 Å². The van der Waals surface area contributed by atoms with E-state index in [9.17, 15) is 12.8 Å². The van der Waals surface area contributed by atoms with Crippen LogP contribution in [0.15, 0.2) is 53.4 Å². The summed E-state index contributed by atoms with van der Waals surface area (Å²) in [6, 6.07) is 11.5. The van der Waals surface area contributed by atoms with E-state index in [0.29, 0.717) is 17.1 Å². The molecule has 0 aromatic heterocycles. The first kappa shape index (κ1) is 15.4. The molecule has 2 aromatic rings. The van der Waals surface area contributed by atoms with E-state index in [1.165, 1.54) is 18.2 Å². The minimum Gasteiger partial charge on any atom is -0.393 e. The van der Waals surface area contributed by atoms with Crippen molar-refractivity contribution in [3.63, 3.8) is 0 Å². The molecule has 2 rings (SSSR count). The van der Waals surface area contributed by atoms with E-state index >= 15 is 0 Å². The zero-order valence-electron chi connectivity index (χ0n) is 10.9. The Balaban J connectivity index is 2.19. The van der Waals surface area contributed by atoms with Crippen LogP contribution in [0.5, 0.6) is 0 Å². The number of rotatable bonds is 5. The molecule has 0 aliphatic carbocycles. The predicted molar refractivity (Wildman–Crippen MR) is 84.1 cm³/mol. The van der Waals surface area contributed by atoms with Gasteiger partial charge in [0.1, 0.15) is 5.82 Å². The molecule has 0 fully saturated rings. The van der Waals surface area contributed by atoms with Crippen LogP contribution in [-0.2, 0) is 16.4 Å². The van der Waals surface area contributed by atoms with Crippen molar-refractivity contribution < 1.29 is 12.8 Å². The Hall–Kier alpha value is -1.99. The van der Waals surface area contributed by atoms with Gasteiger partial charge in [0.25, 0.3) is 10.0 Å². The van der Waals surface area contributed by atoms with Gasteiger partial charge in [-0.25, -0.2) is 12.8 Å². The van der Waals surface area contributed by atoms with Crippen LogP contribution in [-0.4, -0.2) is 13.4 Å². The number of hydrogen-bond acceptors (Lipinski definition) is 3. The lowest BCUT2D eigenvalue weighted by atomic mass is 10.1. The lowest BCUT2D eigenvalue weighted by Gasteiger charge is -2.09. The number of benzene rings is 2. The molecule has 0 aliphatic heterocycles. The number of anilines is 1. The molecule has 7 heteroatoms. The summed E-state index contributed by atoms with van der Waals surface area (Å²) in [5.41, 5.74) is 6.70. The van der Waals surface area contributed by atoms with Crippen molar-refractivity contribution in [3.8, 4) is 0 Å². The first-order valence-corrected chi connectivity index (χ1v) is 7.91. The van der Waals surface area contributed by atoms with Crippen molar-refractivity contribution in [3.05, 3.63) is 59.9 Å². The number of thiocarbonyl (C=S) groups is 1. The van der Waals surface area contributed by atoms with Crippen molar-refractivity contribution >= 4 is 32.9 Å². The molecule has 0 radical (unpaired) electrons. The van der Waals surface area contributed by atoms with Crippen LogP contribution in [0.4, 0.5) is 10.1 Å². The SMILES string of the molecule is NC(=S)Cc1ccc(NS(=O)(=O)c2cccc(F)c2)cc1. The largest absolute Gasteiger partial charge is 0.393 e. The second-order valence-corrected chi connectivity index (χ2v) is 6.61. The molecule has 0 heterocycles. The molecule has 0 aliphatic rings. The average molecular weight is 324 g/mol. The van der Waals surface area contributed by atoms with Gasteiger partial charge in [-0.2, -0.15) is 0 Å². The van der Waals surface area contributed by atoms with Gasteiger partial charge in [0.2, 0.25) is 0 Å². The van der Waals surface area contributed by atoms with Crippen LogP contribution < -0.4 is 10.5 Å². The number of nitrogens with one attached hydrogen (secondary N) is 1. The molecule has 3 N–H and O–H groups in total. The van der Waals surface area contributed by atoms with Crippen LogP contribution in [0.1, 0.15) is 5.56 Å². The first-order valence-electron chi connectivity index (χ1n) is 6.02. The van der Waals surface area contributed by atoms with E-state index in [1.54, 1.807) is 24.3 Å². The highest BCUT2D eigenvalue weighted by Crippen LogP contribution is 2.17. The quantitative estimate of drug-likeness (QED) is 0.829. The molecule has 4 nitrogen and oxygen atoms in total. The molecule has 0 atom stereocenters. The second kappa shape index (κ2) is 6.19. The Morgan fingerprint density at radius 2 is 1.86 bits per heavy atom. The Morgan fingerprint density at radius 1 is 1.19 bits per heavy atom. The molecule has 0 amide bonds. The Kier molecular flexibility index (Phi) is 4.54. The van der Waals surface area contributed by atoms with Crippen molar-refractivity contribution in [1.29, 1.82) is 0 Å². The molecule has 0 spiro atoms. The van der Waals surface area contributed by atoms with Crippen LogP contribution >= 0.6 is 12.2 Å². The van der Waals surface area contributed by atoms with Crippen molar-refractivity contribution in [1.82, 2.24) is 0 Å². The highest BCUT2D eigenvalue weighted by atomic mass is 32.2. The monoisotopic (exact) mass is 324 g/mol. The number of halogens is 1. The molecule has 2 aromatic carbocycles. The van der Waals surface area contributed by atoms with Crippen molar-refractivity contribution in [2.24, 2.45) is 5.73 Å². The highest BCUT2D eigenvalue weighted by Gasteiger charge is 2.14. The fourth-order valence-electron chi connectivity index (χ4n) is 1.74. The van der Waals surface area contributed by atoms with E-state index in [-0.39, 0.29) is 4.90 Å². The normalized spacial score (nSPS) is 11.1. The molecular weight excluding hydrogens is 311 g/mol. The van der Waals surface area contributed by atoms with E-state index in [2.05, 4.69) is 4.72 Å². The standard InChI is InChI=1S/C14H13FN2O2S2/c15-11-2-1-3-13(9-11)21(18,19)17-12-6-4-10(5-7-12)8-14(16)20/h1-7,9,17H,8H2,(H2,16,20). The van der Waals surface area contributed by atoms with Gasteiger partial charge in [-0.1, -0.05) is 30.4 Å². The van der Waals surface area contributed by atoms with Gasteiger partial charge in [-0.3, -0.25) is 4.72 Å². The molecule has 0 saturated carbocycles. The summed E-state index contributed by atoms with van der Waals surface area (Å²) in [7, 11) is -3.81. The molecule has 0 bridgehead atoms. The summed E-state index contributed by atoms with van der Waals surface area (Å²) in [4.78, 5) is 0.234. The Morgan fingerprint density at radius 3 is 2.43 bits per heavy atom. The lowest BCUT2D eigenvalue weighted by molar-refractivity contribution is 0.595. The van der Waals surface area contributed by atoms with Crippen LogP contribution in [0.25, 0.3) is 0 Å². The topological polar surface area (TPSA) is 72.2 Å². The van der Waals surface area contributed by atoms with Crippen molar-refractivity contribution in [2.45, 2.75) is 11.3 Å². The summed E-state index contributed by atoms with van der Waals surface area (Å²) in [6.07, 6.45) is 0.451. The van der Waals surface area contributed by atoms with Crippen LogP contribution in [0.2, 0.25) is 0 Å². The number of nitrogens with two attached hydrogens (primary N) is 1. The molecular formula is C14H13FN2O2S2. The number of sulfonamides is 1. The summed E-state index contributed by atoms with van der Waals surface area (Å²) in [5, 5.41) is 0. The Bertz CT molecular complexity index is 759. The van der Waals surface area contributed by atoms with E-state index in [0.717, 1.165) is 11.6 Å². The molecule has 110 valence electrons. The molecule has 0 unspecified atom stereocenters. The number of hydrogen-bond donors (Lipinski definition) is 2. The van der Waals surface area contributed by atoms with Gasteiger partial charge in [0, 0.05) is 12.1 Å². The fraction of sp³-hybridized carbons (Fsp3) is 0.0714. The van der Waals surface area contributed by atoms with Crippen LogP contribution in [0.3, 0.4) is 0 Å². The van der Waals surface area contributed by atoms with Gasteiger partial charge in [0.05, 0.1) is 9.88 Å². The maximum Gasteiger partial charge on any atom is 0.261 e. The highest BCUT2D eigenvalue weighted by molar-refractivity contribution is 7.92. The third kappa shape index (κ3) is 4.24. The summed E-state index contributed by atoms with van der Waals surface area (Å²) in [6.45, 7) is 0. The predicted octanol–water partition coefficient (Wildman–Crippen LogP) is 2.46. The van der Waals surface area contributed by atoms with Gasteiger partial charge in [-0.05, 0) is 35.9 Å². The molecule has 21 heavy (non-hydrogen) atoms. The minimum atomic E-state index is -3.81. The van der Waals surface area contributed by atoms with Gasteiger partial charge in [-0.15, -0.1) is 0 Å². The summed E-state index contributed by atoms with van der Waals surface area (Å²) < 4.78 is 39.7. The van der Waals surface area contributed by atoms with E-state index in [4.69, 9.17) is 18.0 Å². The summed E-state index contributed by atoms with van der Waals surface area (Å²) >= 11 is 4.80. The molecule has 0 saturated heterocycles. The smallest absolute Gasteiger partial charge is 0.261 e. The maximum absolute atomic E-state index is 13.1. The average Bonchev–Trinajstić information content (AvgIpc) is 2.40. The maximum atomic E-state index is 13.1. The lowest BCUT2D eigenvalue weighted by Crippen LogP contribution is -2.13. The summed E-state index contributed by atoms with van der Waals surface area (Å²) in [5.74, 6) is -0.607. The zero-order chi connectivity index (χ0) is 15.5.